The van der Waals surface area contributed by atoms with Crippen molar-refractivity contribution in [1.29, 1.82) is 0 Å². The van der Waals surface area contributed by atoms with Crippen molar-refractivity contribution in [2.24, 2.45) is 29.6 Å². The minimum absolute atomic E-state index is 0.413. The summed E-state index contributed by atoms with van der Waals surface area (Å²) in [6.07, 6.45) is 14.8. The molecular formula is C40H67NO. The average Bonchev–Trinajstić information content (AvgIpc) is 3.02. The van der Waals surface area contributed by atoms with Gasteiger partial charge in [-0.1, -0.05) is 125 Å². The van der Waals surface area contributed by atoms with E-state index in [0.29, 0.717) is 11.7 Å². The first kappa shape index (κ1) is 39.5. The number of nitrogens with zero attached hydrogens (tertiary/aromatic N) is 1. The Kier molecular flexibility index (Phi) is 22.6. The van der Waals surface area contributed by atoms with Gasteiger partial charge in [-0.25, -0.2) is 0 Å². The highest BCUT2D eigenvalue weighted by Gasteiger charge is 2.21. The van der Waals surface area contributed by atoms with Gasteiger partial charge >= 0.3 is 0 Å². The van der Waals surface area contributed by atoms with Crippen molar-refractivity contribution in [3.05, 3.63) is 84.5 Å². The molecule has 2 unspecified atom stereocenters. The number of aromatic hydroxyl groups is 1. The molecule has 1 heterocycles. The molecule has 1 N–H and O–H groups in total. The van der Waals surface area contributed by atoms with Gasteiger partial charge in [0.2, 0.25) is 0 Å². The number of aryl methyl sites for hydroxylation is 1. The van der Waals surface area contributed by atoms with Gasteiger partial charge in [-0.15, -0.1) is 0 Å². The highest BCUT2D eigenvalue weighted by molar-refractivity contribution is 5.46. The lowest BCUT2D eigenvalue weighted by atomic mass is 9.80. The minimum Gasteiger partial charge on any atom is -0.508 e. The number of benzene rings is 2. The normalized spacial score (nSPS) is 16.9. The van der Waals surface area contributed by atoms with Crippen LogP contribution in [-0.4, -0.2) is 18.2 Å². The van der Waals surface area contributed by atoms with Crippen LogP contribution in [0.15, 0.2) is 73.3 Å². The summed E-state index contributed by atoms with van der Waals surface area (Å²) in [7, 11) is 0. The Balaban J connectivity index is 0.000000591. The van der Waals surface area contributed by atoms with Gasteiger partial charge in [0.15, 0.2) is 0 Å². The van der Waals surface area contributed by atoms with Crippen molar-refractivity contribution in [2.75, 3.05) is 18.0 Å². The van der Waals surface area contributed by atoms with Crippen molar-refractivity contribution >= 4 is 5.69 Å². The zero-order valence-electron chi connectivity index (χ0n) is 29.2. The molecule has 0 spiro atoms. The number of hydrogen-bond acceptors (Lipinski definition) is 2. The maximum Gasteiger partial charge on any atom is 0.115 e. The molecule has 42 heavy (non-hydrogen) atoms. The molecule has 1 aliphatic carbocycles. The second-order valence-corrected chi connectivity index (χ2v) is 12.1. The van der Waals surface area contributed by atoms with Crippen molar-refractivity contribution in [3.8, 4) is 5.75 Å². The molecule has 1 fully saturated rings. The fourth-order valence-corrected chi connectivity index (χ4v) is 5.55. The van der Waals surface area contributed by atoms with Gasteiger partial charge in [-0.05, 0) is 104 Å². The Morgan fingerprint density at radius 2 is 1.50 bits per heavy atom. The topological polar surface area (TPSA) is 23.5 Å². The molecule has 0 saturated carbocycles. The number of phenols is 1. The summed E-state index contributed by atoms with van der Waals surface area (Å²) >= 11 is 0. The smallest absolute Gasteiger partial charge is 0.115 e. The number of hydrogen-bond donors (Lipinski definition) is 1. The third kappa shape index (κ3) is 16.2. The van der Waals surface area contributed by atoms with Gasteiger partial charge in [0.05, 0.1) is 0 Å². The number of fused-ring (bicyclic) bond motifs is 1. The monoisotopic (exact) mass is 578 g/mol. The number of allylic oxidation sites excluding steroid dienone is 3. The SMILES string of the molecule is C=C/C=C\C(C)CC.CC.CC.CC(C)C1CCN(c2ccccc2)CC1.CC(C)CC1CCc2cc(O)ccc2C1. The summed E-state index contributed by atoms with van der Waals surface area (Å²) in [6, 6.07) is 16.6. The predicted octanol–water partition coefficient (Wildman–Crippen LogP) is 11.9. The Bertz CT molecular complexity index is 937. The fourth-order valence-electron chi connectivity index (χ4n) is 5.55. The minimum atomic E-state index is 0.413. The molecule has 2 aliphatic rings. The Labute approximate surface area is 262 Å². The summed E-state index contributed by atoms with van der Waals surface area (Å²) in [5.74, 6) is 4.55. The van der Waals surface area contributed by atoms with E-state index >= 15 is 0 Å². The fraction of sp³-hybridized carbons (Fsp3) is 0.600. The Hall–Kier alpha value is -2.48. The molecule has 0 aromatic heterocycles. The highest BCUT2D eigenvalue weighted by Crippen LogP contribution is 2.31. The molecule has 0 amide bonds. The van der Waals surface area contributed by atoms with Crippen LogP contribution in [0.25, 0.3) is 0 Å². The van der Waals surface area contributed by atoms with E-state index in [1.807, 2.05) is 52.0 Å². The number of piperidine rings is 1. The van der Waals surface area contributed by atoms with Gasteiger partial charge in [0, 0.05) is 18.8 Å². The van der Waals surface area contributed by atoms with Crippen LogP contribution in [0, 0.1) is 29.6 Å². The lowest BCUT2D eigenvalue weighted by molar-refractivity contribution is 0.311. The Morgan fingerprint density at radius 3 is 2.02 bits per heavy atom. The van der Waals surface area contributed by atoms with Crippen molar-refractivity contribution in [1.82, 2.24) is 0 Å². The first-order valence-electron chi connectivity index (χ1n) is 17.1. The average molecular weight is 578 g/mol. The largest absolute Gasteiger partial charge is 0.508 e. The summed E-state index contributed by atoms with van der Waals surface area (Å²) in [4.78, 5) is 2.51. The molecule has 1 aliphatic heterocycles. The molecule has 2 aromatic carbocycles. The number of anilines is 1. The van der Waals surface area contributed by atoms with Crippen LogP contribution >= 0.6 is 0 Å². The molecule has 238 valence electrons. The zero-order valence-corrected chi connectivity index (χ0v) is 29.2. The highest BCUT2D eigenvalue weighted by atomic mass is 16.3. The summed E-state index contributed by atoms with van der Waals surface area (Å²) in [6.45, 7) is 27.7. The van der Waals surface area contributed by atoms with Crippen molar-refractivity contribution < 1.29 is 5.11 Å². The third-order valence-corrected chi connectivity index (χ3v) is 8.15. The van der Waals surface area contributed by atoms with Crippen LogP contribution in [0.3, 0.4) is 0 Å². The van der Waals surface area contributed by atoms with E-state index in [9.17, 15) is 5.11 Å². The van der Waals surface area contributed by atoms with Crippen LogP contribution < -0.4 is 4.90 Å². The summed E-state index contributed by atoms with van der Waals surface area (Å²) < 4.78 is 0. The second kappa shape index (κ2) is 24.0. The molecule has 2 aromatic rings. The van der Waals surface area contributed by atoms with Gasteiger partial charge in [-0.2, -0.15) is 0 Å². The van der Waals surface area contributed by atoms with E-state index in [2.05, 4.69) is 95.5 Å². The van der Waals surface area contributed by atoms with Crippen molar-refractivity contribution in [3.63, 3.8) is 0 Å². The number of rotatable bonds is 7. The molecule has 2 atom stereocenters. The van der Waals surface area contributed by atoms with Crippen LogP contribution in [0.4, 0.5) is 5.69 Å². The molecule has 1 saturated heterocycles. The van der Waals surface area contributed by atoms with Gasteiger partial charge in [0.25, 0.3) is 0 Å². The first-order valence-corrected chi connectivity index (χ1v) is 17.1. The molecular weight excluding hydrogens is 510 g/mol. The first-order chi connectivity index (χ1) is 20.2. The maximum atomic E-state index is 9.40. The molecule has 2 heteroatoms. The number of phenolic OH excluding ortho intramolecular Hbond substituents is 1. The number of para-hydroxylation sites is 1. The second-order valence-electron chi connectivity index (χ2n) is 12.1. The molecule has 2 nitrogen and oxygen atoms in total. The van der Waals surface area contributed by atoms with E-state index in [1.54, 1.807) is 0 Å². The van der Waals surface area contributed by atoms with E-state index in [-0.39, 0.29) is 0 Å². The molecule has 0 bridgehead atoms. The molecule has 4 rings (SSSR count). The molecule has 0 radical (unpaired) electrons. The van der Waals surface area contributed by atoms with E-state index < -0.39 is 0 Å². The van der Waals surface area contributed by atoms with E-state index in [0.717, 1.165) is 30.1 Å². The van der Waals surface area contributed by atoms with Gasteiger partial charge in [-0.3, -0.25) is 0 Å². The summed E-state index contributed by atoms with van der Waals surface area (Å²) in [5.41, 5.74) is 4.19. The van der Waals surface area contributed by atoms with Crippen LogP contribution in [0.2, 0.25) is 0 Å². The standard InChI is InChI=1S/C14H21N.C14H20O.C8H14.2C2H6/c1-12(2)13-8-10-15(11-9-13)14-6-4-3-5-7-14;1-10(2)7-11-3-4-13-9-14(15)6-5-12(13)8-11;1-4-6-7-8(3)5-2;2*1-2/h3-7,12-13H,8-11H2,1-2H3;5-6,9-11,15H,3-4,7-8H2,1-2H3;4,6-8H,1,5H2,2-3H3;2*1-2H3/b;;7-6-;;. The van der Waals surface area contributed by atoms with Crippen LogP contribution in [-0.2, 0) is 12.8 Å². The van der Waals surface area contributed by atoms with E-state index in [1.165, 1.54) is 68.4 Å². The lowest BCUT2D eigenvalue weighted by Crippen LogP contribution is -2.35. The lowest BCUT2D eigenvalue weighted by Gasteiger charge is -2.35. The third-order valence-electron chi connectivity index (χ3n) is 8.15. The summed E-state index contributed by atoms with van der Waals surface area (Å²) in [5, 5.41) is 9.40. The van der Waals surface area contributed by atoms with Crippen LogP contribution in [0.1, 0.15) is 112 Å². The maximum absolute atomic E-state index is 9.40. The predicted molar refractivity (Wildman–Crippen MR) is 191 cm³/mol. The zero-order chi connectivity index (χ0) is 31.9. The van der Waals surface area contributed by atoms with E-state index in [4.69, 9.17) is 0 Å². The van der Waals surface area contributed by atoms with Crippen molar-refractivity contribution in [2.45, 2.75) is 114 Å². The Morgan fingerprint density at radius 1 is 0.881 bits per heavy atom. The quantitative estimate of drug-likeness (QED) is 0.331. The van der Waals surface area contributed by atoms with Gasteiger partial charge < -0.3 is 10.0 Å². The van der Waals surface area contributed by atoms with Crippen LogP contribution in [0.5, 0.6) is 5.75 Å². The van der Waals surface area contributed by atoms with Gasteiger partial charge in [0.1, 0.15) is 5.75 Å².